The molecule has 3 N–H and O–H groups in total. The molecule has 1 atom stereocenters. The maximum atomic E-state index is 12.2. The molecule has 0 fully saturated rings. The van der Waals surface area contributed by atoms with Gasteiger partial charge in [0.2, 0.25) is 0 Å². The average molecular weight is 426 g/mol. The first-order valence-corrected chi connectivity index (χ1v) is 9.37. The molecular formula is C15H10BrN2O4S2-. The number of para-hydroxylation sites is 1. The molecule has 0 aliphatic rings. The Labute approximate surface area is 151 Å². The minimum atomic E-state index is -2.49. The molecule has 1 heterocycles. The lowest BCUT2D eigenvalue weighted by Crippen LogP contribution is -2.19. The molecule has 3 rings (SSSR count). The van der Waals surface area contributed by atoms with Gasteiger partial charge in [0.25, 0.3) is 0 Å². The number of carbonyl (C=O) groups is 1. The molecule has 24 heavy (non-hydrogen) atoms. The molecule has 124 valence electrons. The number of hydrogen-bond acceptors (Lipinski definition) is 5. The van der Waals surface area contributed by atoms with Crippen molar-refractivity contribution in [1.29, 1.82) is 0 Å². The average Bonchev–Trinajstić information content (AvgIpc) is 3.01. The van der Waals surface area contributed by atoms with E-state index in [1.807, 2.05) is 6.07 Å². The molecule has 6 nitrogen and oxygen atoms in total. The van der Waals surface area contributed by atoms with Crippen LogP contribution in [0.15, 0.2) is 51.1 Å². The lowest BCUT2D eigenvalue weighted by atomic mass is 10.2. The Bertz CT molecular complexity index is 958. The summed E-state index contributed by atoms with van der Waals surface area (Å²) in [5.74, 6) is -0.313. The maximum absolute atomic E-state index is 12.2. The number of fused-ring (bicyclic) bond motifs is 1. The van der Waals surface area contributed by atoms with Gasteiger partial charge in [-0.3, -0.25) is 4.21 Å². The minimum absolute atomic E-state index is 0.0134. The van der Waals surface area contributed by atoms with Crippen molar-refractivity contribution in [2.24, 2.45) is 0 Å². The van der Waals surface area contributed by atoms with Gasteiger partial charge in [-0.05, 0) is 56.7 Å². The Morgan fingerprint density at radius 1 is 1.25 bits per heavy atom. The number of halogens is 1. The van der Waals surface area contributed by atoms with Crippen LogP contribution in [0.2, 0.25) is 0 Å². The van der Waals surface area contributed by atoms with Crippen LogP contribution in [0.4, 0.5) is 16.2 Å². The third kappa shape index (κ3) is 3.29. The fourth-order valence-corrected chi connectivity index (χ4v) is 4.10. The van der Waals surface area contributed by atoms with Crippen LogP contribution in [0.25, 0.3) is 10.1 Å². The van der Waals surface area contributed by atoms with Crippen LogP contribution in [0.3, 0.4) is 0 Å². The van der Waals surface area contributed by atoms with Gasteiger partial charge in [0.1, 0.15) is 11.4 Å². The number of rotatable bonds is 3. The van der Waals surface area contributed by atoms with Gasteiger partial charge < -0.3 is 20.3 Å². The van der Waals surface area contributed by atoms with Gasteiger partial charge in [-0.1, -0.05) is 12.1 Å². The van der Waals surface area contributed by atoms with Crippen molar-refractivity contribution in [2.45, 2.75) is 4.90 Å². The number of amides is 2. The first-order valence-electron chi connectivity index (χ1n) is 6.62. The molecule has 0 aliphatic carbocycles. The molecule has 0 saturated heterocycles. The zero-order valence-electron chi connectivity index (χ0n) is 11.9. The standard InChI is InChI=1S/C15H11BrN2O4S2/c16-9-3-1-2-4-10(9)17-15(20)18-13-11(19)7-12(24(21)22)8-5-6-23-14(8)13/h1-7,19H,(H,21,22)(H2,17,18,20)/p-1. The zero-order chi connectivity index (χ0) is 17.3. The fraction of sp³-hybridized carbons (Fsp3) is 0. The van der Waals surface area contributed by atoms with E-state index < -0.39 is 17.1 Å². The second-order valence-corrected chi connectivity index (χ2v) is 7.41. The number of anilines is 2. The first-order chi connectivity index (χ1) is 11.5. The largest absolute Gasteiger partial charge is 0.768 e. The van der Waals surface area contributed by atoms with Gasteiger partial charge in [-0.25, -0.2) is 4.79 Å². The third-order valence-electron chi connectivity index (χ3n) is 3.22. The quantitative estimate of drug-likeness (QED) is 0.431. The number of urea groups is 1. The van der Waals surface area contributed by atoms with Gasteiger partial charge in [0.05, 0.1) is 10.4 Å². The van der Waals surface area contributed by atoms with Gasteiger partial charge in [0, 0.05) is 14.8 Å². The molecule has 2 amide bonds. The van der Waals surface area contributed by atoms with E-state index in [-0.39, 0.29) is 16.3 Å². The SMILES string of the molecule is O=C(Nc1ccccc1Br)Nc1c(O)cc(S(=O)[O-])c2ccsc12. The number of aromatic hydroxyl groups is 1. The zero-order valence-corrected chi connectivity index (χ0v) is 15.1. The second-order valence-electron chi connectivity index (χ2n) is 4.73. The summed E-state index contributed by atoms with van der Waals surface area (Å²) in [4.78, 5) is 12.2. The molecule has 1 unspecified atom stereocenters. The number of carbonyl (C=O) groups excluding carboxylic acids is 1. The van der Waals surface area contributed by atoms with Crippen molar-refractivity contribution in [3.8, 4) is 5.75 Å². The number of hydrogen-bond donors (Lipinski definition) is 3. The summed E-state index contributed by atoms with van der Waals surface area (Å²) >= 11 is 2.07. The number of thiophene rings is 1. The second kappa shape index (κ2) is 6.89. The summed E-state index contributed by atoms with van der Waals surface area (Å²) < 4.78 is 23.7. The molecular weight excluding hydrogens is 416 g/mol. The van der Waals surface area contributed by atoms with E-state index in [9.17, 15) is 18.7 Å². The van der Waals surface area contributed by atoms with E-state index in [1.54, 1.807) is 29.6 Å². The van der Waals surface area contributed by atoms with Gasteiger partial charge in [0.15, 0.2) is 0 Å². The minimum Gasteiger partial charge on any atom is -0.768 e. The molecule has 0 aliphatic heterocycles. The van der Waals surface area contributed by atoms with Crippen LogP contribution >= 0.6 is 27.3 Å². The highest BCUT2D eigenvalue weighted by molar-refractivity contribution is 9.10. The summed E-state index contributed by atoms with van der Waals surface area (Å²) in [7, 11) is 0. The van der Waals surface area contributed by atoms with E-state index >= 15 is 0 Å². The van der Waals surface area contributed by atoms with Crippen molar-refractivity contribution < 1.29 is 18.7 Å². The molecule has 0 radical (unpaired) electrons. The van der Waals surface area contributed by atoms with Crippen molar-refractivity contribution in [3.05, 3.63) is 46.3 Å². The maximum Gasteiger partial charge on any atom is 0.323 e. The molecule has 0 saturated carbocycles. The third-order valence-corrected chi connectivity index (χ3v) is 5.54. The summed E-state index contributed by atoms with van der Waals surface area (Å²) in [5.41, 5.74) is 0.730. The predicted octanol–water partition coefficient (Wildman–Crippen LogP) is 4.25. The Hall–Kier alpha value is -1.94. The van der Waals surface area contributed by atoms with E-state index in [2.05, 4.69) is 26.6 Å². The Morgan fingerprint density at radius 3 is 2.71 bits per heavy atom. The number of phenols is 1. The molecule has 0 spiro atoms. The monoisotopic (exact) mass is 425 g/mol. The van der Waals surface area contributed by atoms with Crippen molar-refractivity contribution >= 4 is 65.8 Å². The summed E-state index contributed by atoms with van der Waals surface area (Å²) in [6.45, 7) is 0. The fourth-order valence-electron chi connectivity index (χ4n) is 2.18. The number of phenolic OH excluding ortho intramolecular Hbond substituents is 1. The van der Waals surface area contributed by atoms with Crippen LogP contribution in [0.1, 0.15) is 0 Å². The van der Waals surface area contributed by atoms with Crippen molar-refractivity contribution in [3.63, 3.8) is 0 Å². The molecule has 3 aromatic rings. The summed E-state index contributed by atoms with van der Waals surface area (Å²) in [6.07, 6.45) is 0. The van der Waals surface area contributed by atoms with Crippen molar-refractivity contribution in [1.82, 2.24) is 0 Å². The van der Waals surface area contributed by atoms with E-state index in [0.717, 1.165) is 6.07 Å². The number of benzene rings is 2. The van der Waals surface area contributed by atoms with Gasteiger partial charge in [-0.2, -0.15) is 0 Å². The van der Waals surface area contributed by atoms with E-state index in [1.165, 1.54) is 11.3 Å². The Kier molecular flexibility index (Phi) is 4.86. The molecule has 9 heteroatoms. The van der Waals surface area contributed by atoms with E-state index in [4.69, 9.17) is 0 Å². The van der Waals surface area contributed by atoms with Crippen LogP contribution in [-0.2, 0) is 11.1 Å². The molecule has 2 aromatic carbocycles. The van der Waals surface area contributed by atoms with E-state index in [0.29, 0.717) is 20.2 Å². The highest BCUT2D eigenvalue weighted by Crippen LogP contribution is 2.39. The van der Waals surface area contributed by atoms with Crippen molar-refractivity contribution in [2.75, 3.05) is 10.6 Å². The highest BCUT2D eigenvalue weighted by Gasteiger charge is 2.16. The summed E-state index contributed by atoms with van der Waals surface area (Å²) in [5, 5.41) is 17.5. The smallest absolute Gasteiger partial charge is 0.323 e. The van der Waals surface area contributed by atoms with Crippen LogP contribution in [0.5, 0.6) is 5.75 Å². The first kappa shape index (κ1) is 16.9. The van der Waals surface area contributed by atoms with Crippen LogP contribution < -0.4 is 10.6 Å². The lowest BCUT2D eigenvalue weighted by Gasteiger charge is -2.14. The lowest BCUT2D eigenvalue weighted by molar-refractivity contribution is 0.262. The highest BCUT2D eigenvalue weighted by atomic mass is 79.9. The topological polar surface area (TPSA) is 101 Å². The molecule has 0 bridgehead atoms. The Morgan fingerprint density at radius 2 is 2.00 bits per heavy atom. The van der Waals surface area contributed by atoms with Gasteiger partial charge >= 0.3 is 6.03 Å². The Balaban J connectivity index is 1.93. The normalized spacial score (nSPS) is 12.1. The van der Waals surface area contributed by atoms with Gasteiger partial charge in [-0.15, -0.1) is 11.3 Å². The molecule has 1 aromatic heterocycles. The van der Waals surface area contributed by atoms with Crippen LogP contribution in [0, 0.1) is 0 Å². The van der Waals surface area contributed by atoms with Crippen LogP contribution in [-0.4, -0.2) is 19.9 Å². The number of nitrogens with one attached hydrogen (secondary N) is 2. The summed E-state index contributed by atoms with van der Waals surface area (Å²) in [6, 6.07) is 9.27. The predicted molar refractivity (Wildman–Crippen MR) is 97.5 cm³/mol.